The summed E-state index contributed by atoms with van der Waals surface area (Å²) in [4.78, 5) is 14.5. The lowest BCUT2D eigenvalue weighted by molar-refractivity contribution is 0.0355. The number of hydrogen-bond donors (Lipinski definition) is 2. The van der Waals surface area contributed by atoms with E-state index in [0.29, 0.717) is 18.3 Å². The molecule has 4 nitrogen and oxygen atoms in total. The summed E-state index contributed by atoms with van der Waals surface area (Å²) in [5.74, 6) is -0.579. The molecule has 0 aromatic heterocycles. The van der Waals surface area contributed by atoms with Gasteiger partial charge in [0.1, 0.15) is 0 Å². The molecule has 27 heavy (non-hydrogen) atoms. The van der Waals surface area contributed by atoms with Crippen molar-refractivity contribution < 1.29 is 19.4 Å². The summed E-state index contributed by atoms with van der Waals surface area (Å²) in [6, 6.07) is 13.8. The molecule has 0 amide bonds. The zero-order chi connectivity index (χ0) is 19.0. The molecule has 142 valence electrons. The fourth-order valence-corrected chi connectivity index (χ4v) is 4.78. The van der Waals surface area contributed by atoms with E-state index in [1.54, 1.807) is 0 Å². The first-order valence-corrected chi connectivity index (χ1v) is 9.42. The fourth-order valence-electron chi connectivity index (χ4n) is 4.78. The highest BCUT2D eigenvalue weighted by atomic mass is 19.1. The summed E-state index contributed by atoms with van der Waals surface area (Å²) < 4.78 is 13.5. The van der Waals surface area contributed by atoms with E-state index >= 15 is 0 Å². The van der Waals surface area contributed by atoms with Gasteiger partial charge in [-0.2, -0.15) is 0 Å². The van der Waals surface area contributed by atoms with Crippen molar-refractivity contribution in [2.24, 2.45) is 11.8 Å². The predicted molar refractivity (Wildman–Crippen MR) is 100 cm³/mol. The zero-order valence-electron chi connectivity index (χ0n) is 15.1. The second-order valence-electron chi connectivity index (χ2n) is 8.10. The van der Waals surface area contributed by atoms with Crippen LogP contribution < -0.4 is 0 Å². The Hall–Kier alpha value is -2.24. The van der Waals surface area contributed by atoms with Gasteiger partial charge in [-0.25, -0.2) is 4.39 Å². The van der Waals surface area contributed by atoms with Crippen LogP contribution in [0.3, 0.4) is 0 Å². The molecular weight excluding hydrogens is 345 g/mol. The van der Waals surface area contributed by atoms with Crippen molar-refractivity contribution in [2.45, 2.75) is 24.9 Å². The highest BCUT2D eigenvalue weighted by Crippen LogP contribution is 2.45. The molecule has 1 aliphatic carbocycles. The standard InChI is InChI=1S/C22H24FNO3/c23-19-8-16(6-7-20(19)25)21(26)14-24-12-17-10-22(27,11-18(17)13-24)9-15-4-2-1-3-5-15/h1-8,17-18,25,27H,9-14H2/t17-,18+,22-. The summed E-state index contributed by atoms with van der Waals surface area (Å²) in [5.41, 5.74) is 0.775. The lowest BCUT2D eigenvalue weighted by Crippen LogP contribution is -2.34. The van der Waals surface area contributed by atoms with Crippen LogP contribution in [-0.4, -0.2) is 46.1 Å². The Morgan fingerprint density at radius 3 is 2.41 bits per heavy atom. The normalized spacial score (nSPS) is 27.6. The number of hydrogen-bond acceptors (Lipinski definition) is 4. The van der Waals surface area contributed by atoms with Gasteiger partial charge in [-0.05, 0) is 48.4 Å². The van der Waals surface area contributed by atoms with E-state index in [2.05, 4.69) is 4.90 Å². The number of benzene rings is 2. The second-order valence-corrected chi connectivity index (χ2v) is 8.10. The molecule has 2 N–H and O–H groups in total. The SMILES string of the molecule is O=C(CN1C[C@@H]2C[C@@](O)(Cc3ccccc3)C[C@@H]2C1)c1ccc(O)c(F)c1. The number of ketones is 1. The molecule has 0 radical (unpaired) electrons. The maximum Gasteiger partial charge on any atom is 0.176 e. The Balaban J connectivity index is 1.34. The Morgan fingerprint density at radius 2 is 1.78 bits per heavy atom. The van der Waals surface area contributed by atoms with Gasteiger partial charge >= 0.3 is 0 Å². The fraction of sp³-hybridized carbons (Fsp3) is 0.409. The van der Waals surface area contributed by atoms with Gasteiger partial charge in [0, 0.05) is 25.1 Å². The molecule has 0 spiro atoms. The Bertz CT molecular complexity index is 825. The summed E-state index contributed by atoms with van der Waals surface area (Å²) >= 11 is 0. The van der Waals surface area contributed by atoms with Crippen molar-refractivity contribution in [2.75, 3.05) is 19.6 Å². The van der Waals surface area contributed by atoms with Crippen molar-refractivity contribution in [1.82, 2.24) is 4.90 Å². The van der Waals surface area contributed by atoms with E-state index in [0.717, 1.165) is 37.6 Å². The van der Waals surface area contributed by atoms with Crippen LogP contribution in [0, 0.1) is 17.7 Å². The molecule has 2 aliphatic rings. The Labute approximate surface area is 158 Å². The summed E-state index contributed by atoms with van der Waals surface area (Å²) in [6.45, 7) is 1.82. The first-order chi connectivity index (χ1) is 12.9. The molecule has 0 unspecified atom stereocenters. The molecule has 1 saturated carbocycles. The molecule has 1 saturated heterocycles. The van der Waals surface area contributed by atoms with Crippen molar-refractivity contribution >= 4 is 5.78 Å². The average Bonchev–Trinajstić information content (AvgIpc) is 3.11. The largest absolute Gasteiger partial charge is 0.505 e. The van der Waals surface area contributed by atoms with Gasteiger partial charge in [-0.1, -0.05) is 30.3 Å². The van der Waals surface area contributed by atoms with Crippen LogP contribution >= 0.6 is 0 Å². The van der Waals surface area contributed by atoms with Crippen molar-refractivity contribution in [3.63, 3.8) is 0 Å². The van der Waals surface area contributed by atoms with Gasteiger partial charge in [0.15, 0.2) is 17.3 Å². The number of fused-ring (bicyclic) bond motifs is 1. The predicted octanol–water partition coefficient (Wildman–Crippen LogP) is 3.03. The first-order valence-electron chi connectivity index (χ1n) is 9.42. The number of halogens is 1. The van der Waals surface area contributed by atoms with Crippen LogP contribution in [0.5, 0.6) is 5.75 Å². The number of carbonyl (C=O) groups is 1. The molecular formula is C22H24FNO3. The van der Waals surface area contributed by atoms with Gasteiger partial charge in [0.05, 0.1) is 12.1 Å². The third kappa shape index (κ3) is 3.89. The molecule has 5 heteroatoms. The van der Waals surface area contributed by atoms with Crippen LogP contribution in [0.15, 0.2) is 48.5 Å². The topological polar surface area (TPSA) is 60.8 Å². The number of nitrogens with zero attached hydrogens (tertiary/aromatic N) is 1. The Kier molecular flexibility index (Phi) is 4.74. The van der Waals surface area contributed by atoms with Crippen LogP contribution in [0.4, 0.5) is 4.39 Å². The second kappa shape index (κ2) is 7.06. The van der Waals surface area contributed by atoms with E-state index < -0.39 is 17.2 Å². The molecule has 0 bridgehead atoms. The minimum atomic E-state index is -0.773. The highest BCUT2D eigenvalue weighted by molar-refractivity contribution is 5.97. The number of Topliss-reactive ketones (excluding diaryl/α,β-unsaturated/α-hetero) is 1. The number of carbonyl (C=O) groups excluding carboxylic acids is 1. The van der Waals surface area contributed by atoms with Gasteiger partial charge in [-0.3, -0.25) is 9.69 Å². The van der Waals surface area contributed by atoms with E-state index in [-0.39, 0.29) is 17.9 Å². The van der Waals surface area contributed by atoms with Gasteiger partial charge in [-0.15, -0.1) is 0 Å². The van der Waals surface area contributed by atoms with Crippen LogP contribution in [0.2, 0.25) is 0 Å². The van der Waals surface area contributed by atoms with Crippen molar-refractivity contribution in [3.8, 4) is 5.75 Å². The lowest BCUT2D eigenvalue weighted by Gasteiger charge is -2.26. The zero-order valence-corrected chi connectivity index (χ0v) is 15.1. The lowest BCUT2D eigenvalue weighted by atomic mass is 9.91. The summed E-state index contributed by atoms with van der Waals surface area (Å²) in [7, 11) is 0. The smallest absolute Gasteiger partial charge is 0.176 e. The minimum absolute atomic E-state index is 0.145. The van der Waals surface area contributed by atoms with Gasteiger partial charge < -0.3 is 10.2 Å². The number of likely N-dealkylation sites (tertiary alicyclic amines) is 1. The first kappa shape index (κ1) is 18.1. The molecule has 2 aromatic rings. The van der Waals surface area contributed by atoms with Gasteiger partial charge in [0.2, 0.25) is 0 Å². The number of aliphatic hydroxyl groups is 1. The number of aromatic hydroxyl groups is 1. The average molecular weight is 369 g/mol. The van der Waals surface area contributed by atoms with Crippen LogP contribution in [0.25, 0.3) is 0 Å². The monoisotopic (exact) mass is 369 g/mol. The third-order valence-corrected chi connectivity index (χ3v) is 5.95. The van der Waals surface area contributed by atoms with E-state index in [4.69, 9.17) is 0 Å². The number of rotatable bonds is 5. The summed E-state index contributed by atoms with van der Waals surface area (Å²) in [6.07, 6.45) is 2.18. The molecule has 3 atom stereocenters. The van der Waals surface area contributed by atoms with E-state index in [1.807, 2.05) is 30.3 Å². The van der Waals surface area contributed by atoms with Crippen molar-refractivity contribution in [1.29, 1.82) is 0 Å². The Morgan fingerprint density at radius 1 is 1.11 bits per heavy atom. The van der Waals surface area contributed by atoms with Crippen LogP contribution in [0.1, 0.15) is 28.8 Å². The van der Waals surface area contributed by atoms with Crippen molar-refractivity contribution in [3.05, 3.63) is 65.5 Å². The molecule has 1 heterocycles. The maximum atomic E-state index is 13.5. The number of phenolic OH excluding ortho intramolecular Hbond substituents is 1. The molecule has 1 aliphatic heterocycles. The number of phenols is 1. The highest BCUT2D eigenvalue weighted by Gasteiger charge is 2.48. The van der Waals surface area contributed by atoms with Crippen LogP contribution in [-0.2, 0) is 6.42 Å². The van der Waals surface area contributed by atoms with E-state index in [1.165, 1.54) is 12.1 Å². The van der Waals surface area contributed by atoms with E-state index in [9.17, 15) is 19.4 Å². The summed E-state index contributed by atoms with van der Waals surface area (Å²) in [5, 5.41) is 20.3. The molecule has 4 rings (SSSR count). The molecule has 2 fully saturated rings. The molecule has 2 aromatic carbocycles. The quantitative estimate of drug-likeness (QED) is 0.796. The van der Waals surface area contributed by atoms with Gasteiger partial charge in [0.25, 0.3) is 0 Å². The maximum absolute atomic E-state index is 13.5. The third-order valence-electron chi connectivity index (χ3n) is 5.95. The minimum Gasteiger partial charge on any atom is -0.505 e.